The van der Waals surface area contributed by atoms with Crippen LogP contribution in [0.2, 0.25) is 0 Å². The second-order valence-electron chi connectivity index (χ2n) is 4.15. The third-order valence-electron chi connectivity index (χ3n) is 2.97. The van der Waals surface area contributed by atoms with Gasteiger partial charge in [0, 0.05) is 12.2 Å². The molecule has 0 aliphatic carbocycles. The molecule has 2 N–H and O–H groups in total. The minimum absolute atomic E-state index is 0.172. The van der Waals surface area contributed by atoms with Crippen LogP contribution in [0.25, 0.3) is 0 Å². The number of hydrogen-bond acceptors (Lipinski definition) is 2. The third kappa shape index (κ3) is 2.69. The van der Waals surface area contributed by atoms with Crippen molar-refractivity contribution in [1.29, 1.82) is 0 Å². The van der Waals surface area contributed by atoms with Gasteiger partial charge in [0.1, 0.15) is 5.82 Å². The molecule has 0 spiro atoms. The van der Waals surface area contributed by atoms with Crippen LogP contribution in [0.5, 0.6) is 0 Å². The van der Waals surface area contributed by atoms with Gasteiger partial charge in [-0.05, 0) is 50.0 Å². The van der Waals surface area contributed by atoms with Crippen molar-refractivity contribution >= 4 is 5.69 Å². The second kappa shape index (κ2) is 4.62. The molecule has 1 heterocycles. The quantitative estimate of drug-likeness (QED) is 0.770. The van der Waals surface area contributed by atoms with Crippen LogP contribution in [-0.2, 0) is 6.42 Å². The maximum absolute atomic E-state index is 13.4. The summed E-state index contributed by atoms with van der Waals surface area (Å²) in [4.78, 5) is 2.38. The van der Waals surface area contributed by atoms with E-state index >= 15 is 0 Å². The summed E-state index contributed by atoms with van der Waals surface area (Å²) in [5.74, 6) is -0.172. The second-order valence-corrected chi connectivity index (χ2v) is 4.15. The van der Waals surface area contributed by atoms with E-state index in [4.69, 9.17) is 5.73 Å². The van der Waals surface area contributed by atoms with Gasteiger partial charge in [-0.2, -0.15) is 0 Å². The molecule has 3 heteroatoms. The van der Waals surface area contributed by atoms with Crippen molar-refractivity contribution in [3.8, 4) is 0 Å². The van der Waals surface area contributed by atoms with Crippen molar-refractivity contribution in [3.05, 3.63) is 29.6 Å². The predicted octanol–water partition coefficient (Wildman–Crippen LogP) is 2.05. The molecular formula is C12H17FN2. The fraction of sp³-hybridized carbons (Fsp3) is 0.500. The van der Waals surface area contributed by atoms with E-state index in [2.05, 4.69) is 4.90 Å². The average molecular weight is 208 g/mol. The summed E-state index contributed by atoms with van der Waals surface area (Å²) in [5.41, 5.74) is 6.77. The van der Waals surface area contributed by atoms with Gasteiger partial charge < -0.3 is 10.6 Å². The van der Waals surface area contributed by atoms with Crippen molar-refractivity contribution < 1.29 is 4.39 Å². The molecule has 0 aromatic heterocycles. The molecule has 2 nitrogen and oxygen atoms in total. The van der Waals surface area contributed by atoms with Crippen LogP contribution in [0.15, 0.2) is 18.2 Å². The summed E-state index contributed by atoms with van der Waals surface area (Å²) < 4.78 is 13.4. The number of anilines is 1. The highest BCUT2D eigenvalue weighted by atomic mass is 19.1. The standard InChI is InChI=1S/C12H17FN2/c13-12-9-11(14)4-3-10(12)5-8-15-6-1-2-7-15/h3-4,9H,1-2,5-8,14H2. The van der Waals surface area contributed by atoms with Gasteiger partial charge >= 0.3 is 0 Å². The SMILES string of the molecule is Nc1ccc(CCN2CCCC2)c(F)c1. The van der Waals surface area contributed by atoms with E-state index in [-0.39, 0.29) is 5.82 Å². The van der Waals surface area contributed by atoms with Gasteiger partial charge in [-0.25, -0.2) is 4.39 Å². The lowest BCUT2D eigenvalue weighted by Gasteiger charge is -2.14. The highest BCUT2D eigenvalue weighted by Gasteiger charge is 2.11. The maximum atomic E-state index is 13.4. The minimum atomic E-state index is -0.172. The van der Waals surface area contributed by atoms with E-state index in [1.807, 2.05) is 0 Å². The average Bonchev–Trinajstić information content (AvgIpc) is 2.69. The monoisotopic (exact) mass is 208 g/mol. The Balaban J connectivity index is 1.92. The Kier molecular flexibility index (Phi) is 3.21. The van der Waals surface area contributed by atoms with E-state index in [9.17, 15) is 4.39 Å². The van der Waals surface area contributed by atoms with Crippen molar-refractivity contribution in [2.24, 2.45) is 0 Å². The summed E-state index contributed by atoms with van der Waals surface area (Å²) in [7, 11) is 0. The number of nitrogen functional groups attached to an aromatic ring is 1. The number of nitrogens with two attached hydrogens (primary N) is 1. The number of rotatable bonds is 3. The first kappa shape index (κ1) is 10.4. The fourth-order valence-corrected chi connectivity index (χ4v) is 2.05. The normalized spacial score (nSPS) is 17.1. The molecule has 0 amide bonds. The number of hydrogen-bond donors (Lipinski definition) is 1. The van der Waals surface area contributed by atoms with Gasteiger partial charge in [-0.1, -0.05) is 6.07 Å². The smallest absolute Gasteiger partial charge is 0.128 e. The number of benzene rings is 1. The van der Waals surface area contributed by atoms with Crippen molar-refractivity contribution in [3.63, 3.8) is 0 Å². The molecule has 0 bridgehead atoms. The van der Waals surface area contributed by atoms with Gasteiger partial charge in [0.25, 0.3) is 0 Å². The minimum Gasteiger partial charge on any atom is -0.399 e. The first-order valence-electron chi connectivity index (χ1n) is 5.52. The van der Waals surface area contributed by atoms with Gasteiger partial charge in [-0.15, -0.1) is 0 Å². The van der Waals surface area contributed by atoms with Crippen molar-refractivity contribution in [2.45, 2.75) is 19.3 Å². The van der Waals surface area contributed by atoms with E-state index in [1.54, 1.807) is 12.1 Å². The molecule has 2 rings (SSSR count). The predicted molar refractivity (Wildman–Crippen MR) is 60.2 cm³/mol. The Labute approximate surface area is 89.9 Å². The molecule has 1 saturated heterocycles. The number of likely N-dealkylation sites (tertiary alicyclic amines) is 1. The molecule has 1 aliphatic rings. The van der Waals surface area contributed by atoms with Gasteiger partial charge in [0.15, 0.2) is 0 Å². The van der Waals surface area contributed by atoms with Crippen LogP contribution in [0.1, 0.15) is 18.4 Å². The van der Waals surface area contributed by atoms with Gasteiger partial charge in [0.2, 0.25) is 0 Å². The van der Waals surface area contributed by atoms with Crippen LogP contribution in [0, 0.1) is 5.82 Å². The Bertz CT molecular complexity index is 332. The molecule has 0 radical (unpaired) electrons. The highest BCUT2D eigenvalue weighted by Crippen LogP contribution is 2.14. The zero-order chi connectivity index (χ0) is 10.7. The molecule has 0 saturated carbocycles. The summed E-state index contributed by atoms with van der Waals surface area (Å²) >= 11 is 0. The lowest BCUT2D eigenvalue weighted by atomic mass is 10.1. The van der Waals surface area contributed by atoms with Crippen molar-refractivity contribution in [1.82, 2.24) is 4.90 Å². The van der Waals surface area contributed by atoms with Crippen LogP contribution >= 0.6 is 0 Å². The van der Waals surface area contributed by atoms with Crippen molar-refractivity contribution in [2.75, 3.05) is 25.4 Å². The van der Waals surface area contributed by atoms with Crippen LogP contribution in [0.4, 0.5) is 10.1 Å². The molecule has 0 atom stereocenters. The maximum Gasteiger partial charge on any atom is 0.128 e. The third-order valence-corrected chi connectivity index (χ3v) is 2.97. The zero-order valence-corrected chi connectivity index (χ0v) is 8.88. The zero-order valence-electron chi connectivity index (χ0n) is 8.88. The Morgan fingerprint density at radius 2 is 2.00 bits per heavy atom. The molecule has 0 unspecified atom stereocenters. The van der Waals surface area contributed by atoms with E-state index < -0.39 is 0 Å². The molecular weight excluding hydrogens is 191 g/mol. The molecule has 82 valence electrons. The summed E-state index contributed by atoms with van der Waals surface area (Å²) in [6.45, 7) is 3.29. The number of halogens is 1. The Morgan fingerprint density at radius 3 is 2.67 bits per heavy atom. The van der Waals surface area contributed by atoms with E-state index in [1.165, 1.54) is 18.9 Å². The molecule has 1 aromatic carbocycles. The van der Waals surface area contributed by atoms with Crippen LogP contribution in [0.3, 0.4) is 0 Å². The molecule has 15 heavy (non-hydrogen) atoms. The summed E-state index contributed by atoms with van der Waals surface area (Å²) in [6.07, 6.45) is 3.35. The topological polar surface area (TPSA) is 29.3 Å². The molecule has 1 aromatic rings. The Hall–Kier alpha value is -1.09. The van der Waals surface area contributed by atoms with Gasteiger partial charge in [0.05, 0.1) is 0 Å². The van der Waals surface area contributed by atoms with Crippen LogP contribution < -0.4 is 5.73 Å². The van der Waals surface area contributed by atoms with E-state index in [0.29, 0.717) is 5.69 Å². The Morgan fingerprint density at radius 1 is 1.27 bits per heavy atom. The highest BCUT2D eigenvalue weighted by molar-refractivity contribution is 5.40. The molecule has 1 aliphatic heterocycles. The first-order chi connectivity index (χ1) is 7.25. The number of nitrogens with zero attached hydrogens (tertiary/aromatic N) is 1. The summed E-state index contributed by atoms with van der Waals surface area (Å²) in [5, 5.41) is 0. The van der Waals surface area contributed by atoms with Gasteiger partial charge in [-0.3, -0.25) is 0 Å². The first-order valence-corrected chi connectivity index (χ1v) is 5.52. The fourth-order valence-electron chi connectivity index (χ4n) is 2.05. The molecule has 1 fully saturated rings. The lowest BCUT2D eigenvalue weighted by molar-refractivity contribution is 0.341. The lowest BCUT2D eigenvalue weighted by Crippen LogP contribution is -2.22. The largest absolute Gasteiger partial charge is 0.399 e. The van der Waals surface area contributed by atoms with Crippen LogP contribution in [-0.4, -0.2) is 24.5 Å². The summed E-state index contributed by atoms with van der Waals surface area (Å²) in [6, 6.07) is 4.96. The van der Waals surface area contributed by atoms with E-state index in [0.717, 1.165) is 31.6 Å².